The van der Waals surface area contributed by atoms with E-state index in [1.807, 2.05) is 13.8 Å². The van der Waals surface area contributed by atoms with E-state index in [0.717, 1.165) is 0 Å². The molecular formula is C9H17NO3. The van der Waals surface area contributed by atoms with Crippen LogP contribution >= 0.6 is 0 Å². The Morgan fingerprint density at radius 2 is 2.00 bits per heavy atom. The average molecular weight is 187 g/mol. The van der Waals surface area contributed by atoms with Crippen LogP contribution in [0.15, 0.2) is 0 Å². The monoisotopic (exact) mass is 187 g/mol. The number of nitrogens with one attached hydrogen (secondary N) is 1. The zero-order valence-corrected chi connectivity index (χ0v) is 8.19. The molecule has 1 aliphatic rings. The van der Waals surface area contributed by atoms with E-state index in [4.69, 9.17) is 5.11 Å². The van der Waals surface area contributed by atoms with E-state index < -0.39 is 18.1 Å². The lowest BCUT2D eigenvalue weighted by molar-refractivity contribution is -0.140. The molecule has 1 aliphatic heterocycles. The molecular weight excluding hydrogens is 170 g/mol. The third-order valence-corrected chi connectivity index (χ3v) is 2.98. The highest BCUT2D eigenvalue weighted by molar-refractivity contribution is 5.74. The molecule has 1 heterocycles. The van der Waals surface area contributed by atoms with Crippen molar-refractivity contribution in [3.8, 4) is 0 Å². The molecule has 0 amide bonds. The molecule has 1 saturated heterocycles. The number of carbonyl (C=O) groups is 1. The van der Waals surface area contributed by atoms with Crippen LogP contribution in [0.3, 0.4) is 0 Å². The maximum absolute atomic E-state index is 10.8. The number of rotatable bonds is 2. The number of aliphatic carboxylic acids is 1. The fraction of sp³-hybridized carbons (Fsp3) is 0.889. The maximum Gasteiger partial charge on any atom is 0.320 e. The Balaban J connectivity index is 2.75. The lowest BCUT2D eigenvalue weighted by Crippen LogP contribution is -2.36. The minimum Gasteiger partial charge on any atom is -0.480 e. The van der Waals surface area contributed by atoms with Crippen LogP contribution in [0.25, 0.3) is 0 Å². The van der Waals surface area contributed by atoms with Gasteiger partial charge in [-0.25, -0.2) is 0 Å². The third-order valence-electron chi connectivity index (χ3n) is 2.98. The molecule has 3 N–H and O–H groups in total. The number of aliphatic hydroxyl groups excluding tert-OH is 1. The van der Waals surface area contributed by atoms with Crippen LogP contribution < -0.4 is 5.32 Å². The number of carboxylic acid groups (broad SMARTS) is 1. The Hall–Kier alpha value is -0.610. The Morgan fingerprint density at radius 1 is 1.46 bits per heavy atom. The number of hydrogen-bond donors (Lipinski definition) is 3. The van der Waals surface area contributed by atoms with Gasteiger partial charge >= 0.3 is 5.97 Å². The van der Waals surface area contributed by atoms with Crippen molar-refractivity contribution in [2.45, 2.75) is 39.0 Å². The molecule has 0 saturated carbocycles. The van der Waals surface area contributed by atoms with E-state index >= 15 is 0 Å². The second-order valence-corrected chi connectivity index (χ2v) is 3.95. The van der Waals surface area contributed by atoms with Crippen LogP contribution in [0.2, 0.25) is 0 Å². The molecule has 1 rings (SSSR count). The largest absolute Gasteiger partial charge is 0.480 e. The van der Waals surface area contributed by atoms with Gasteiger partial charge in [-0.2, -0.15) is 0 Å². The van der Waals surface area contributed by atoms with E-state index in [1.54, 1.807) is 6.92 Å². The minimum absolute atomic E-state index is 0.0208. The summed E-state index contributed by atoms with van der Waals surface area (Å²) < 4.78 is 0. The molecule has 0 aromatic carbocycles. The SMILES string of the molecule is C[C@@H]1[C@H]([C@H](C)O)[C@@H](C)N[C@H]1C(=O)O. The van der Waals surface area contributed by atoms with Crippen LogP contribution in [0.1, 0.15) is 20.8 Å². The molecule has 4 nitrogen and oxygen atoms in total. The van der Waals surface area contributed by atoms with Crippen molar-refractivity contribution < 1.29 is 15.0 Å². The molecule has 0 aliphatic carbocycles. The summed E-state index contributed by atoms with van der Waals surface area (Å²) in [4.78, 5) is 10.8. The second kappa shape index (κ2) is 3.64. The average Bonchev–Trinajstić information content (AvgIpc) is 2.26. The van der Waals surface area contributed by atoms with Gasteiger partial charge in [0.1, 0.15) is 6.04 Å². The van der Waals surface area contributed by atoms with Crippen molar-refractivity contribution in [3.05, 3.63) is 0 Å². The van der Waals surface area contributed by atoms with Crippen molar-refractivity contribution in [3.63, 3.8) is 0 Å². The van der Waals surface area contributed by atoms with E-state index in [-0.39, 0.29) is 17.9 Å². The predicted octanol–water partition coefficient (Wildman–Crippen LogP) is 0.0644. The van der Waals surface area contributed by atoms with Gasteiger partial charge in [0.05, 0.1) is 6.10 Å². The summed E-state index contributed by atoms with van der Waals surface area (Å²) in [7, 11) is 0. The minimum atomic E-state index is -0.831. The highest BCUT2D eigenvalue weighted by atomic mass is 16.4. The fourth-order valence-corrected chi connectivity index (χ4v) is 2.38. The molecule has 13 heavy (non-hydrogen) atoms. The zero-order valence-electron chi connectivity index (χ0n) is 8.19. The second-order valence-electron chi connectivity index (χ2n) is 3.95. The number of hydrogen-bond acceptors (Lipinski definition) is 3. The van der Waals surface area contributed by atoms with Crippen LogP contribution in [0.5, 0.6) is 0 Å². The first-order valence-electron chi connectivity index (χ1n) is 4.62. The summed E-state index contributed by atoms with van der Waals surface area (Å²) in [6.07, 6.45) is -0.457. The predicted molar refractivity (Wildman–Crippen MR) is 48.4 cm³/mol. The molecule has 0 aromatic rings. The molecule has 5 atom stereocenters. The van der Waals surface area contributed by atoms with Gasteiger partial charge in [-0.1, -0.05) is 6.92 Å². The van der Waals surface area contributed by atoms with Gasteiger partial charge in [0.2, 0.25) is 0 Å². The van der Waals surface area contributed by atoms with Gasteiger partial charge in [0.15, 0.2) is 0 Å². The van der Waals surface area contributed by atoms with Crippen molar-refractivity contribution >= 4 is 5.97 Å². The topological polar surface area (TPSA) is 69.6 Å². The summed E-state index contributed by atoms with van der Waals surface area (Å²) in [5.74, 6) is -0.823. The molecule has 4 heteroatoms. The number of carboxylic acids is 1. The summed E-state index contributed by atoms with van der Waals surface area (Å²) >= 11 is 0. The highest BCUT2D eigenvalue weighted by Crippen LogP contribution is 2.29. The van der Waals surface area contributed by atoms with E-state index in [2.05, 4.69) is 5.32 Å². The molecule has 0 aromatic heterocycles. The first-order valence-corrected chi connectivity index (χ1v) is 4.62. The lowest BCUT2D eigenvalue weighted by atomic mass is 9.85. The standard InChI is InChI=1S/C9H17NO3/c1-4-7(6(3)11)5(2)10-8(4)9(12)13/h4-8,10-11H,1-3H3,(H,12,13)/t4-,5-,6+,7+,8-/m1/s1. The van der Waals surface area contributed by atoms with Crippen molar-refractivity contribution in [1.29, 1.82) is 0 Å². The Labute approximate surface area is 78.0 Å². The molecule has 0 bridgehead atoms. The molecule has 76 valence electrons. The maximum atomic E-state index is 10.8. The highest BCUT2D eigenvalue weighted by Gasteiger charge is 2.43. The van der Waals surface area contributed by atoms with E-state index in [9.17, 15) is 9.90 Å². The Morgan fingerprint density at radius 3 is 2.23 bits per heavy atom. The van der Waals surface area contributed by atoms with Crippen LogP contribution in [0.4, 0.5) is 0 Å². The summed E-state index contributed by atoms with van der Waals surface area (Å²) in [6.45, 7) is 5.49. The lowest BCUT2D eigenvalue weighted by Gasteiger charge is -2.22. The smallest absolute Gasteiger partial charge is 0.320 e. The summed E-state index contributed by atoms with van der Waals surface area (Å²) in [5, 5.41) is 21.3. The molecule has 1 fully saturated rings. The Bertz CT molecular complexity index is 205. The van der Waals surface area contributed by atoms with Crippen LogP contribution in [-0.4, -0.2) is 34.4 Å². The van der Waals surface area contributed by atoms with Gasteiger partial charge in [-0.05, 0) is 19.8 Å². The van der Waals surface area contributed by atoms with Gasteiger partial charge in [-0.3, -0.25) is 4.79 Å². The first kappa shape index (κ1) is 10.5. The van der Waals surface area contributed by atoms with Gasteiger partial charge in [-0.15, -0.1) is 0 Å². The first-order chi connectivity index (χ1) is 5.95. The van der Waals surface area contributed by atoms with Crippen molar-refractivity contribution in [1.82, 2.24) is 5.32 Å². The van der Waals surface area contributed by atoms with Gasteiger partial charge in [0.25, 0.3) is 0 Å². The quantitative estimate of drug-likeness (QED) is 0.572. The van der Waals surface area contributed by atoms with Crippen LogP contribution in [-0.2, 0) is 4.79 Å². The van der Waals surface area contributed by atoms with Crippen molar-refractivity contribution in [2.24, 2.45) is 11.8 Å². The summed E-state index contributed by atoms with van der Waals surface area (Å²) in [5.41, 5.74) is 0. The van der Waals surface area contributed by atoms with Crippen LogP contribution in [0, 0.1) is 11.8 Å². The third kappa shape index (κ3) is 1.84. The summed E-state index contributed by atoms with van der Waals surface area (Å²) in [6, 6.07) is -0.453. The van der Waals surface area contributed by atoms with Crippen molar-refractivity contribution in [2.75, 3.05) is 0 Å². The normalized spacial score (nSPS) is 41.8. The molecule has 0 spiro atoms. The number of aliphatic hydroxyl groups is 1. The Kier molecular flexibility index (Phi) is 2.93. The fourth-order valence-electron chi connectivity index (χ4n) is 2.38. The van der Waals surface area contributed by atoms with Gasteiger partial charge in [0, 0.05) is 12.0 Å². The molecule has 0 unspecified atom stereocenters. The van der Waals surface area contributed by atoms with E-state index in [0.29, 0.717) is 0 Å². The molecule has 0 radical (unpaired) electrons. The van der Waals surface area contributed by atoms with Gasteiger partial charge < -0.3 is 15.5 Å². The zero-order chi connectivity index (χ0) is 10.2. The van der Waals surface area contributed by atoms with E-state index in [1.165, 1.54) is 0 Å².